The third-order valence-electron chi connectivity index (χ3n) is 2.62. The second-order valence-corrected chi connectivity index (χ2v) is 4.45. The predicted octanol–water partition coefficient (Wildman–Crippen LogP) is 1.94. The number of imidazole rings is 1. The van der Waals surface area contributed by atoms with E-state index in [2.05, 4.69) is 4.98 Å². The highest BCUT2D eigenvalue weighted by Gasteiger charge is 2.11. The summed E-state index contributed by atoms with van der Waals surface area (Å²) in [5, 5.41) is 0. The van der Waals surface area contributed by atoms with Crippen LogP contribution in [0.25, 0.3) is 11.3 Å². The molecule has 96 valence electrons. The molecule has 0 aliphatic rings. The molecular formula is C13H18N4O. The minimum absolute atomic E-state index is 0.159. The minimum atomic E-state index is 0.159. The number of ether oxygens (including phenoxy) is 1. The highest BCUT2D eigenvalue weighted by Crippen LogP contribution is 2.26. The van der Waals surface area contributed by atoms with Gasteiger partial charge in [0.1, 0.15) is 17.3 Å². The molecule has 0 spiro atoms. The zero-order chi connectivity index (χ0) is 13.3. The van der Waals surface area contributed by atoms with Gasteiger partial charge >= 0.3 is 0 Å². The van der Waals surface area contributed by atoms with Gasteiger partial charge in [0.15, 0.2) is 5.82 Å². The molecule has 0 unspecified atom stereocenters. The average molecular weight is 246 g/mol. The smallest absolute Gasteiger partial charge is 0.150 e. The van der Waals surface area contributed by atoms with Gasteiger partial charge in [-0.05, 0) is 45.0 Å². The molecule has 2 aromatic rings. The summed E-state index contributed by atoms with van der Waals surface area (Å²) in [5.74, 6) is 7.72. The van der Waals surface area contributed by atoms with Crippen molar-refractivity contribution in [2.75, 3.05) is 11.6 Å². The van der Waals surface area contributed by atoms with Gasteiger partial charge in [0, 0.05) is 5.56 Å². The van der Waals surface area contributed by atoms with Crippen molar-refractivity contribution in [1.29, 1.82) is 0 Å². The number of nitrogens with two attached hydrogens (primary N) is 2. The number of aromatic nitrogens is 2. The van der Waals surface area contributed by atoms with E-state index in [1.165, 1.54) is 4.68 Å². The Labute approximate surface area is 106 Å². The average Bonchev–Trinajstić information content (AvgIpc) is 2.57. The van der Waals surface area contributed by atoms with Crippen LogP contribution in [0.4, 0.5) is 5.82 Å². The molecule has 0 radical (unpaired) electrons. The Morgan fingerprint density at radius 2 is 1.83 bits per heavy atom. The zero-order valence-electron chi connectivity index (χ0n) is 10.8. The van der Waals surface area contributed by atoms with E-state index in [0.29, 0.717) is 17.3 Å². The summed E-state index contributed by atoms with van der Waals surface area (Å²) < 4.78 is 6.97. The molecule has 0 saturated carbocycles. The SMILES string of the molecule is Cc1nc(-c2ccc(OC(C)C)cc2)c(N)n1N. The van der Waals surface area contributed by atoms with Crippen molar-refractivity contribution < 1.29 is 4.74 Å². The van der Waals surface area contributed by atoms with Crippen molar-refractivity contribution in [3.8, 4) is 17.0 Å². The molecule has 1 aromatic heterocycles. The number of rotatable bonds is 3. The van der Waals surface area contributed by atoms with E-state index < -0.39 is 0 Å². The highest BCUT2D eigenvalue weighted by molar-refractivity contribution is 5.71. The molecule has 2 rings (SSSR count). The zero-order valence-corrected chi connectivity index (χ0v) is 10.8. The van der Waals surface area contributed by atoms with E-state index in [0.717, 1.165) is 11.3 Å². The first-order valence-corrected chi connectivity index (χ1v) is 5.86. The lowest BCUT2D eigenvalue weighted by atomic mass is 10.1. The molecule has 1 aromatic carbocycles. The van der Waals surface area contributed by atoms with Crippen LogP contribution in [0, 0.1) is 6.92 Å². The Morgan fingerprint density at radius 3 is 2.28 bits per heavy atom. The predicted molar refractivity (Wildman–Crippen MR) is 72.7 cm³/mol. The Kier molecular flexibility index (Phi) is 3.14. The molecule has 5 heteroatoms. The van der Waals surface area contributed by atoms with Crippen molar-refractivity contribution >= 4 is 5.82 Å². The maximum absolute atomic E-state index is 5.90. The van der Waals surface area contributed by atoms with Crippen LogP contribution in [-0.4, -0.2) is 15.8 Å². The van der Waals surface area contributed by atoms with Crippen LogP contribution in [0.15, 0.2) is 24.3 Å². The van der Waals surface area contributed by atoms with Crippen LogP contribution < -0.4 is 16.3 Å². The molecular weight excluding hydrogens is 228 g/mol. The molecule has 0 atom stereocenters. The summed E-state index contributed by atoms with van der Waals surface area (Å²) in [5.41, 5.74) is 7.53. The summed E-state index contributed by atoms with van der Waals surface area (Å²) in [6.07, 6.45) is 0.159. The van der Waals surface area contributed by atoms with Gasteiger partial charge < -0.3 is 16.3 Å². The number of hydrogen-bond acceptors (Lipinski definition) is 4. The minimum Gasteiger partial charge on any atom is -0.491 e. The Hall–Kier alpha value is -2.17. The lowest BCUT2D eigenvalue weighted by molar-refractivity contribution is 0.242. The van der Waals surface area contributed by atoms with Crippen molar-refractivity contribution in [2.45, 2.75) is 26.9 Å². The lowest BCUT2D eigenvalue weighted by Crippen LogP contribution is -2.13. The van der Waals surface area contributed by atoms with E-state index in [1.807, 2.05) is 45.0 Å². The fraction of sp³-hybridized carbons (Fsp3) is 0.308. The number of hydrogen-bond donors (Lipinski definition) is 2. The second kappa shape index (κ2) is 4.60. The normalized spacial score (nSPS) is 10.9. The molecule has 4 N–H and O–H groups in total. The Morgan fingerprint density at radius 1 is 1.22 bits per heavy atom. The van der Waals surface area contributed by atoms with Gasteiger partial charge in [0.25, 0.3) is 0 Å². The van der Waals surface area contributed by atoms with Gasteiger partial charge in [-0.3, -0.25) is 0 Å². The first-order chi connectivity index (χ1) is 8.49. The largest absolute Gasteiger partial charge is 0.491 e. The summed E-state index contributed by atoms with van der Waals surface area (Å²) in [7, 11) is 0. The number of aryl methyl sites for hydroxylation is 1. The summed E-state index contributed by atoms with van der Waals surface area (Å²) in [6, 6.07) is 7.66. The fourth-order valence-electron chi connectivity index (χ4n) is 1.74. The van der Waals surface area contributed by atoms with E-state index >= 15 is 0 Å². The quantitative estimate of drug-likeness (QED) is 0.811. The van der Waals surface area contributed by atoms with Crippen LogP contribution in [-0.2, 0) is 0 Å². The van der Waals surface area contributed by atoms with Crippen molar-refractivity contribution in [2.24, 2.45) is 0 Å². The third-order valence-corrected chi connectivity index (χ3v) is 2.62. The van der Waals surface area contributed by atoms with Gasteiger partial charge in [-0.15, -0.1) is 0 Å². The van der Waals surface area contributed by atoms with Crippen LogP contribution >= 0.6 is 0 Å². The van der Waals surface area contributed by atoms with Gasteiger partial charge in [-0.2, -0.15) is 0 Å². The van der Waals surface area contributed by atoms with Crippen molar-refractivity contribution in [3.05, 3.63) is 30.1 Å². The topological polar surface area (TPSA) is 79.1 Å². The maximum Gasteiger partial charge on any atom is 0.150 e. The van der Waals surface area contributed by atoms with Crippen LogP contribution in [0.2, 0.25) is 0 Å². The van der Waals surface area contributed by atoms with E-state index in [9.17, 15) is 0 Å². The molecule has 18 heavy (non-hydrogen) atoms. The molecule has 0 fully saturated rings. The standard InChI is InChI=1S/C13H18N4O/c1-8(2)18-11-6-4-10(5-7-11)12-13(14)17(15)9(3)16-12/h4-8H,14-15H2,1-3H3. The Bertz CT molecular complexity index is 543. The molecule has 1 heterocycles. The van der Waals surface area contributed by atoms with Gasteiger partial charge in [0.05, 0.1) is 6.10 Å². The number of anilines is 1. The number of benzene rings is 1. The van der Waals surface area contributed by atoms with Crippen LogP contribution in [0.1, 0.15) is 19.7 Å². The molecule has 5 nitrogen and oxygen atoms in total. The van der Waals surface area contributed by atoms with E-state index in [-0.39, 0.29) is 6.10 Å². The monoisotopic (exact) mass is 246 g/mol. The van der Waals surface area contributed by atoms with Gasteiger partial charge in [-0.1, -0.05) is 0 Å². The van der Waals surface area contributed by atoms with Gasteiger partial charge in [0.2, 0.25) is 0 Å². The van der Waals surface area contributed by atoms with E-state index in [1.54, 1.807) is 0 Å². The first kappa shape index (κ1) is 12.3. The first-order valence-electron chi connectivity index (χ1n) is 5.86. The maximum atomic E-state index is 5.90. The highest BCUT2D eigenvalue weighted by atomic mass is 16.5. The number of nitrogens with zero attached hydrogens (tertiary/aromatic N) is 2. The molecule has 0 amide bonds. The van der Waals surface area contributed by atoms with E-state index in [4.69, 9.17) is 16.3 Å². The third kappa shape index (κ3) is 2.25. The fourth-order valence-corrected chi connectivity index (χ4v) is 1.74. The summed E-state index contributed by atoms with van der Waals surface area (Å²) in [6.45, 7) is 5.80. The summed E-state index contributed by atoms with van der Waals surface area (Å²) in [4.78, 5) is 4.34. The Balaban J connectivity index is 2.31. The van der Waals surface area contributed by atoms with Crippen molar-refractivity contribution in [3.63, 3.8) is 0 Å². The lowest BCUT2D eigenvalue weighted by Gasteiger charge is -2.09. The van der Waals surface area contributed by atoms with Crippen molar-refractivity contribution in [1.82, 2.24) is 9.66 Å². The molecule has 0 aliphatic carbocycles. The molecule has 0 bridgehead atoms. The van der Waals surface area contributed by atoms with Crippen LogP contribution in [0.5, 0.6) is 5.75 Å². The molecule has 0 aliphatic heterocycles. The molecule has 0 saturated heterocycles. The van der Waals surface area contributed by atoms with Gasteiger partial charge in [-0.25, -0.2) is 9.66 Å². The second-order valence-electron chi connectivity index (χ2n) is 4.45. The number of nitrogen functional groups attached to an aromatic ring is 2. The summed E-state index contributed by atoms with van der Waals surface area (Å²) >= 11 is 0. The van der Waals surface area contributed by atoms with Crippen LogP contribution in [0.3, 0.4) is 0 Å².